The van der Waals surface area contributed by atoms with Gasteiger partial charge in [-0.15, -0.1) is 0 Å². The second-order valence-corrected chi connectivity index (χ2v) is 9.22. The fourth-order valence-corrected chi connectivity index (χ4v) is 4.47. The number of ether oxygens (including phenoxy) is 2. The lowest BCUT2D eigenvalue weighted by Gasteiger charge is -2.13. The van der Waals surface area contributed by atoms with Gasteiger partial charge >= 0.3 is 5.97 Å². The largest absolute Gasteiger partial charge is 0.478 e. The number of methoxy groups -OCH3 is 1. The molecule has 5 aromatic rings. The average Bonchev–Trinajstić information content (AvgIpc) is 3.33. The minimum atomic E-state index is -1.11. The lowest BCUT2D eigenvalue weighted by Crippen LogP contribution is -2.11. The quantitative estimate of drug-likeness (QED) is 0.239. The molecule has 0 aliphatic carbocycles. The molecule has 0 unspecified atom stereocenters. The van der Waals surface area contributed by atoms with E-state index in [4.69, 9.17) is 14.7 Å². The van der Waals surface area contributed by atoms with Gasteiger partial charge in [0.05, 0.1) is 40.4 Å². The van der Waals surface area contributed by atoms with E-state index in [0.717, 1.165) is 18.2 Å². The highest BCUT2D eigenvalue weighted by atomic mass is 19.1. The summed E-state index contributed by atoms with van der Waals surface area (Å²) >= 11 is 0. The predicted molar refractivity (Wildman–Crippen MR) is 144 cm³/mol. The van der Waals surface area contributed by atoms with E-state index in [0.29, 0.717) is 16.9 Å². The summed E-state index contributed by atoms with van der Waals surface area (Å²) in [6.45, 7) is 0.309. The van der Waals surface area contributed by atoms with Gasteiger partial charge in [-0.1, -0.05) is 6.07 Å². The van der Waals surface area contributed by atoms with Crippen LogP contribution in [0.5, 0.6) is 5.88 Å². The number of rotatable bonds is 10. The van der Waals surface area contributed by atoms with E-state index in [1.807, 2.05) is 6.07 Å². The molecule has 0 aliphatic rings. The molecule has 9 nitrogen and oxygen atoms in total. The first-order valence-corrected chi connectivity index (χ1v) is 12.6. The Morgan fingerprint density at radius 3 is 2.55 bits per heavy atom. The lowest BCUT2D eigenvalue weighted by atomic mass is 10.0. The lowest BCUT2D eigenvalue weighted by molar-refractivity contribution is 0.0697. The molecule has 0 saturated heterocycles. The topological polar surface area (TPSA) is 123 Å². The molecule has 0 spiro atoms. The van der Waals surface area contributed by atoms with Crippen LogP contribution in [0.4, 0.5) is 13.2 Å². The summed E-state index contributed by atoms with van der Waals surface area (Å²) in [6.07, 6.45) is 2.30. The van der Waals surface area contributed by atoms with Crippen LogP contribution in [0, 0.1) is 28.8 Å². The van der Waals surface area contributed by atoms with Crippen molar-refractivity contribution in [3.05, 3.63) is 107 Å². The van der Waals surface area contributed by atoms with Gasteiger partial charge in [0.25, 0.3) is 0 Å². The highest BCUT2D eigenvalue weighted by molar-refractivity contribution is 5.92. The number of carbonyl (C=O) groups is 1. The van der Waals surface area contributed by atoms with Crippen molar-refractivity contribution in [2.45, 2.75) is 19.6 Å². The molecule has 0 atom stereocenters. The maximum Gasteiger partial charge on any atom is 0.335 e. The molecule has 5 rings (SSSR count). The van der Waals surface area contributed by atoms with Crippen LogP contribution in [0.1, 0.15) is 32.9 Å². The molecule has 42 heavy (non-hydrogen) atoms. The number of hydrogen-bond donors (Lipinski definition) is 1. The van der Waals surface area contributed by atoms with Gasteiger partial charge in [0, 0.05) is 37.4 Å². The standard InChI is InChI=1S/C30H22F3N5O4/c1-41-7-6-38-27-11-18(30(39)40)4-5-26(27)37-28(38)12-21-24(32)9-20(10-25(21)33)22-14-35-16-36-29(22)42-15-19-3-2-17(13-34)8-23(19)31/h2-5,8-11,14,16H,6-7,12,15H2,1H3,(H,39,40). The van der Waals surface area contributed by atoms with Gasteiger partial charge in [0.1, 0.15) is 36.2 Å². The van der Waals surface area contributed by atoms with Crippen LogP contribution >= 0.6 is 0 Å². The van der Waals surface area contributed by atoms with Crippen LogP contribution in [-0.4, -0.2) is 44.3 Å². The summed E-state index contributed by atoms with van der Waals surface area (Å²) in [6, 6.07) is 12.4. The Bertz CT molecular complexity index is 1830. The molecule has 0 bridgehead atoms. The SMILES string of the molecule is COCCn1c(Cc2c(F)cc(-c3cncnc3OCc3ccc(C#N)cc3F)cc2F)nc2ccc(C(=O)O)cc21. The number of aromatic nitrogens is 4. The molecular weight excluding hydrogens is 551 g/mol. The van der Waals surface area contributed by atoms with Crippen LogP contribution in [0.2, 0.25) is 0 Å². The Morgan fingerprint density at radius 1 is 1.07 bits per heavy atom. The smallest absolute Gasteiger partial charge is 0.335 e. The van der Waals surface area contributed by atoms with Crippen LogP contribution in [0.3, 0.4) is 0 Å². The Morgan fingerprint density at radius 2 is 1.86 bits per heavy atom. The monoisotopic (exact) mass is 573 g/mol. The zero-order chi connectivity index (χ0) is 29.8. The maximum atomic E-state index is 15.5. The van der Waals surface area contributed by atoms with Crippen molar-refractivity contribution in [3.63, 3.8) is 0 Å². The van der Waals surface area contributed by atoms with Gasteiger partial charge in [-0.25, -0.2) is 32.9 Å². The number of carboxylic acids is 1. The van der Waals surface area contributed by atoms with Crippen LogP contribution in [0.15, 0.2) is 61.1 Å². The summed E-state index contributed by atoms with van der Waals surface area (Å²) in [5.41, 5.74) is 1.40. The second-order valence-electron chi connectivity index (χ2n) is 9.22. The minimum Gasteiger partial charge on any atom is -0.478 e. The van der Waals surface area contributed by atoms with Crippen molar-refractivity contribution < 1.29 is 32.5 Å². The molecule has 12 heteroatoms. The number of imidazole rings is 1. The summed E-state index contributed by atoms with van der Waals surface area (Å²) in [5, 5.41) is 18.3. The van der Waals surface area contributed by atoms with E-state index in [2.05, 4.69) is 15.0 Å². The molecule has 0 aliphatic heterocycles. The summed E-state index contributed by atoms with van der Waals surface area (Å²) in [5.74, 6) is -3.14. The summed E-state index contributed by atoms with van der Waals surface area (Å²) in [4.78, 5) is 24.0. The van der Waals surface area contributed by atoms with Gasteiger partial charge < -0.3 is 19.1 Å². The van der Waals surface area contributed by atoms with Gasteiger partial charge in [0.2, 0.25) is 5.88 Å². The highest BCUT2D eigenvalue weighted by Gasteiger charge is 2.20. The van der Waals surface area contributed by atoms with Crippen molar-refractivity contribution >= 4 is 17.0 Å². The van der Waals surface area contributed by atoms with E-state index in [-0.39, 0.29) is 65.4 Å². The van der Waals surface area contributed by atoms with E-state index < -0.39 is 23.4 Å². The van der Waals surface area contributed by atoms with Gasteiger partial charge in [0.15, 0.2) is 0 Å². The Labute approximate surface area is 237 Å². The number of carboxylic acid groups (broad SMARTS) is 1. The Kier molecular flexibility index (Phi) is 8.12. The van der Waals surface area contributed by atoms with Crippen molar-refractivity contribution in [1.82, 2.24) is 19.5 Å². The third-order valence-electron chi connectivity index (χ3n) is 6.60. The third kappa shape index (κ3) is 5.77. The number of nitrogens with zero attached hydrogens (tertiary/aromatic N) is 5. The summed E-state index contributed by atoms with van der Waals surface area (Å²) < 4.78 is 57.7. The number of nitriles is 1. The fourth-order valence-electron chi connectivity index (χ4n) is 4.47. The summed E-state index contributed by atoms with van der Waals surface area (Å²) in [7, 11) is 1.51. The molecular formula is C30H22F3N5O4. The molecule has 0 saturated carbocycles. The first kappa shape index (κ1) is 28.3. The van der Waals surface area contributed by atoms with Gasteiger partial charge in [-0.05, 0) is 48.0 Å². The Balaban J connectivity index is 1.45. The second kappa shape index (κ2) is 12.1. The zero-order valence-corrected chi connectivity index (χ0v) is 22.1. The first-order valence-electron chi connectivity index (χ1n) is 12.6. The number of fused-ring (bicyclic) bond motifs is 1. The normalized spacial score (nSPS) is 11.0. The van der Waals surface area contributed by atoms with Crippen molar-refractivity contribution in [1.29, 1.82) is 5.26 Å². The first-order chi connectivity index (χ1) is 20.3. The average molecular weight is 574 g/mol. The van der Waals surface area contributed by atoms with Crippen LogP contribution in [-0.2, 0) is 24.3 Å². The van der Waals surface area contributed by atoms with E-state index in [1.165, 1.54) is 43.9 Å². The number of benzene rings is 3. The van der Waals surface area contributed by atoms with Crippen molar-refractivity contribution in [3.8, 4) is 23.1 Å². The van der Waals surface area contributed by atoms with Crippen molar-refractivity contribution in [2.75, 3.05) is 13.7 Å². The van der Waals surface area contributed by atoms with E-state index in [1.54, 1.807) is 10.6 Å². The fraction of sp³-hybridized carbons (Fsp3) is 0.167. The van der Waals surface area contributed by atoms with Gasteiger partial charge in [-0.2, -0.15) is 5.26 Å². The van der Waals surface area contributed by atoms with Crippen molar-refractivity contribution in [2.24, 2.45) is 0 Å². The molecule has 2 aromatic heterocycles. The van der Waals surface area contributed by atoms with Gasteiger partial charge in [-0.3, -0.25) is 0 Å². The number of aromatic carboxylic acids is 1. The molecule has 0 fully saturated rings. The number of hydrogen-bond acceptors (Lipinski definition) is 7. The number of halogens is 3. The van der Waals surface area contributed by atoms with E-state index >= 15 is 8.78 Å². The molecule has 3 aromatic carbocycles. The molecule has 0 amide bonds. The molecule has 2 heterocycles. The van der Waals surface area contributed by atoms with E-state index in [9.17, 15) is 14.3 Å². The minimum absolute atomic E-state index is 0.0177. The predicted octanol–water partition coefficient (Wildman–Crippen LogP) is 5.30. The zero-order valence-electron chi connectivity index (χ0n) is 22.1. The van der Waals surface area contributed by atoms with Crippen LogP contribution in [0.25, 0.3) is 22.2 Å². The molecule has 0 radical (unpaired) electrons. The van der Waals surface area contributed by atoms with Crippen LogP contribution < -0.4 is 4.74 Å². The molecule has 1 N–H and O–H groups in total. The third-order valence-corrected chi connectivity index (χ3v) is 6.60. The Hall–Kier alpha value is -5.28. The highest BCUT2D eigenvalue weighted by Crippen LogP contribution is 2.32. The molecule has 212 valence electrons. The maximum absolute atomic E-state index is 15.5.